The predicted molar refractivity (Wildman–Crippen MR) is 108 cm³/mol. The molecular formula is C21H22N4O3. The quantitative estimate of drug-likeness (QED) is 0.687. The molecule has 0 radical (unpaired) electrons. The maximum atomic E-state index is 12.6. The molecule has 0 fully saturated rings. The highest BCUT2D eigenvalue weighted by molar-refractivity contribution is 6.04. The lowest BCUT2D eigenvalue weighted by atomic mass is 9.99. The lowest BCUT2D eigenvalue weighted by Crippen LogP contribution is -2.32. The Balaban J connectivity index is 1.84. The molecule has 3 aromatic rings. The minimum atomic E-state index is -0.758. The molecule has 3 N–H and O–H groups in total. The van der Waals surface area contributed by atoms with Crippen molar-refractivity contribution in [3.05, 3.63) is 70.1 Å². The van der Waals surface area contributed by atoms with Crippen molar-refractivity contribution >= 4 is 28.3 Å². The van der Waals surface area contributed by atoms with Crippen molar-refractivity contribution in [2.45, 2.75) is 32.7 Å². The number of benzene rings is 2. The van der Waals surface area contributed by atoms with Crippen LogP contribution in [-0.4, -0.2) is 21.6 Å². The Bertz CT molecular complexity index is 1090. The van der Waals surface area contributed by atoms with Crippen LogP contribution in [0.2, 0.25) is 0 Å². The summed E-state index contributed by atoms with van der Waals surface area (Å²) in [5, 5.41) is 7.40. The average molecular weight is 378 g/mol. The first-order valence-corrected chi connectivity index (χ1v) is 9.10. The smallest absolute Gasteiger partial charge is 0.275 e. The molecule has 0 saturated heterocycles. The third-order valence-corrected chi connectivity index (χ3v) is 4.77. The van der Waals surface area contributed by atoms with E-state index in [1.165, 1.54) is 5.56 Å². The molecule has 7 heteroatoms. The standard InChI is InChI=1S/C21H22N4O3/c1-3-13(2)14-8-10-15(11-9-14)23-18(26)12-25-21(28)17-7-5-4-6-16(17)19(24-25)20(22)27/h4-11,13H,3,12H2,1-2H3,(H2,22,27)(H,23,26)/t13-/m0/s1. The number of primary amides is 1. The summed E-state index contributed by atoms with van der Waals surface area (Å²) in [5.41, 5.74) is 6.71. The van der Waals surface area contributed by atoms with Gasteiger partial charge in [-0.25, -0.2) is 4.68 Å². The van der Waals surface area contributed by atoms with E-state index in [1.54, 1.807) is 24.3 Å². The van der Waals surface area contributed by atoms with Crippen molar-refractivity contribution < 1.29 is 9.59 Å². The first kappa shape index (κ1) is 19.3. The van der Waals surface area contributed by atoms with Crippen molar-refractivity contribution in [3.8, 4) is 0 Å². The second-order valence-electron chi connectivity index (χ2n) is 6.70. The first-order valence-electron chi connectivity index (χ1n) is 9.10. The fourth-order valence-electron chi connectivity index (χ4n) is 2.99. The zero-order valence-corrected chi connectivity index (χ0v) is 15.8. The van der Waals surface area contributed by atoms with Gasteiger partial charge in [-0.1, -0.05) is 44.2 Å². The number of nitrogens with one attached hydrogen (secondary N) is 1. The van der Waals surface area contributed by atoms with E-state index >= 15 is 0 Å². The van der Waals surface area contributed by atoms with Crippen LogP contribution >= 0.6 is 0 Å². The summed E-state index contributed by atoms with van der Waals surface area (Å²) in [4.78, 5) is 36.7. The van der Waals surface area contributed by atoms with Gasteiger partial charge in [-0.3, -0.25) is 14.4 Å². The molecule has 28 heavy (non-hydrogen) atoms. The molecule has 144 valence electrons. The van der Waals surface area contributed by atoms with E-state index in [9.17, 15) is 14.4 Å². The topological polar surface area (TPSA) is 107 Å². The molecule has 0 bridgehead atoms. The van der Waals surface area contributed by atoms with Crippen molar-refractivity contribution in [2.24, 2.45) is 5.73 Å². The fraction of sp³-hybridized carbons (Fsp3) is 0.238. The van der Waals surface area contributed by atoms with Gasteiger partial charge in [0.1, 0.15) is 6.54 Å². The minimum absolute atomic E-state index is 0.0408. The summed E-state index contributed by atoms with van der Waals surface area (Å²) in [6, 6.07) is 14.1. The Labute approximate surface area is 162 Å². The number of carbonyl (C=O) groups excluding carboxylic acids is 2. The van der Waals surface area contributed by atoms with E-state index in [0.29, 0.717) is 17.0 Å². The number of hydrogen-bond donors (Lipinski definition) is 2. The highest BCUT2D eigenvalue weighted by atomic mass is 16.2. The molecular weight excluding hydrogens is 356 g/mol. The molecule has 3 rings (SSSR count). The van der Waals surface area contributed by atoms with Crippen LogP contribution in [0.1, 0.15) is 42.2 Å². The monoisotopic (exact) mass is 378 g/mol. The van der Waals surface area contributed by atoms with Crippen LogP contribution in [0.15, 0.2) is 53.3 Å². The van der Waals surface area contributed by atoms with Crippen molar-refractivity contribution in [1.82, 2.24) is 9.78 Å². The van der Waals surface area contributed by atoms with Crippen LogP contribution in [-0.2, 0) is 11.3 Å². The van der Waals surface area contributed by atoms with Gasteiger partial charge in [-0.05, 0) is 36.1 Å². The van der Waals surface area contributed by atoms with Crippen molar-refractivity contribution in [1.29, 1.82) is 0 Å². The number of nitrogens with zero attached hydrogens (tertiary/aromatic N) is 2. The second kappa shape index (κ2) is 8.04. The van der Waals surface area contributed by atoms with Crippen molar-refractivity contribution in [2.75, 3.05) is 5.32 Å². The molecule has 0 saturated carbocycles. The maximum absolute atomic E-state index is 12.6. The molecule has 2 aromatic carbocycles. The summed E-state index contributed by atoms with van der Waals surface area (Å²) >= 11 is 0. The van der Waals surface area contributed by atoms with Gasteiger partial charge < -0.3 is 11.1 Å². The van der Waals surface area contributed by atoms with Gasteiger partial charge in [0.15, 0.2) is 5.69 Å². The van der Waals surface area contributed by atoms with Crippen molar-refractivity contribution in [3.63, 3.8) is 0 Å². The molecule has 0 unspecified atom stereocenters. The van der Waals surface area contributed by atoms with Gasteiger partial charge >= 0.3 is 0 Å². The van der Waals surface area contributed by atoms with Gasteiger partial charge in [0.05, 0.1) is 5.39 Å². The Hall–Kier alpha value is -3.48. The third kappa shape index (κ3) is 3.93. The number of amides is 2. The third-order valence-electron chi connectivity index (χ3n) is 4.77. The van der Waals surface area contributed by atoms with Gasteiger partial charge in [0.2, 0.25) is 5.91 Å². The summed E-state index contributed by atoms with van der Waals surface area (Å²) in [5.74, 6) is -0.736. The maximum Gasteiger partial charge on any atom is 0.275 e. The Morgan fingerprint density at radius 2 is 1.75 bits per heavy atom. The summed E-state index contributed by atoms with van der Waals surface area (Å²) in [6.45, 7) is 3.94. The van der Waals surface area contributed by atoms with Crippen LogP contribution in [0.3, 0.4) is 0 Å². The van der Waals surface area contributed by atoms with Crippen LogP contribution in [0.5, 0.6) is 0 Å². The molecule has 0 aliphatic rings. The zero-order valence-electron chi connectivity index (χ0n) is 15.8. The number of rotatable bonds is 6. The van der Waals surface area contributed by atoms with E-state index in [2.05, 4.69) is 24.3 Å². The molecule has 0 spiro atoms. The normalized spacial score (nSPS) is 11.9. The highest BCUT2D eigenvalue weighted by Gasteiger charge is 2.16. The summed E-state index contributed by atoms with van der Waals surface area (Å²) in [6.07, 6.45) is 1.03. The lowest BCUT2D eigenvalue weighted by Gasteiger charge is -2.12. The highest BCUT2D eigenvalue weighted by Crippen LogP contribution is 2.20. The predicted octanol–water partition coefficient (Wildman–Crippen LogP) is 2.65. The minimum Gasteiger partial charge on any atom is -0.364 e. The van der Waals surface area contributed by atoms with Crippen LogP contribution in [0.25, 0.3) is 10.8 Å². The molecule has 1 heterocycles. The Morgan fingerprint density at radius 1 is 1.11 bits per heavy atom. The number of carbonyl (C=O) groups is 2. The van der Waals surface area contributed by atoms with Crippen LogP contribution in [0.4, 0.5) is 5.69 Å². The fourth-order valence-corrected chi connectivity index (χ4v) is 2.99. The van der Waals surface area contributed by atoms with E-state index in [1.807, 2.05) is 24.3 Å². The number of anilines is 1. The number of hydrogen-bond acceptors (Lipinski definition) is 4. The van der Waals surface area contributed by atoms with Gasteiger partial charge in [-0.2, -0.15) is 5.10 Å². The molecule has 7 nitrogen and oxygen atoms in total. The zero-order chi connectivity index (χ0) is 20.3. The second-order valence-corrected chi connectivity index (χ2v) is 6.70. The van der Waals surface area contributed by atoms with Gasteiger partial charge in [0.25, 0.3) is 11.5 Å². The lowest BCUT2D eigenvalue weighted by molar-refractivity contribution is -0.117. The van der Waals surface area contributed by atoms with Crippen LogP contribution < -0.4 is 16.6 Å². The molecule has 1 aromatic heterocycles. The molecule has 0 aliphatic heterocycles. The first-order chi connectivity index (χ1) is 13.4. The van der Waals surface area contributed by atoms with E-state index < -0.39 is 17.4 Å². The Morgan fingerprint density at radius 3 is 2.36 bits per heavy atom. The average Bonchev–Trinajstić information content (AvgIpc) is 2.70. The van der Waals surface area contributed by atoms with E-state index in [-0.39, 0.29) is 17.6 Å². The number of fused-ring (bicyclic) bond motifs is 1. The molecule has 0 aliphatic carbocycles. The SMILES string of the molecule is CC[C@H](C)c1ccc(NC(=O)Cn2nc(C(N)=O)c3ccccc3c2=O)cc1. The summed E-state index contributed by atoms with van der Waals surface area (Å²) in [7, 11) is 0. The summed E-state index contributed by atoms with van der Waals surface area (Å²) < 4.78 is 0.964. The molecule has 1 atom stereocenters. The van der Waals surface area contributed by atoms with Gasteiger partial charge in [0, 0.05) is 11.1 Å². The Kier molecular flexibility index (Phi) is 5.54. The van der Waals surface area contributed by atoms with Crippen LogP contribution in [0, 0.1) is 0 Å². The largest absolute Gasteiger partial charge is 0.364 e. The van der Waals surface area contributed by atoms with Gasteiger partial charge in [-0.15, -0.1) is 0 Å². The van der Waals surface area contributed by atoms with E-state index in [0.717, 1.165) is 11.1 Å². The number of aromatic nitrogens is 2. The van der Waals surface area contributed by atoms with E-state index in [4.69, 9.17) is 5.73 Å². The number of nitrogens with two attached hydrogens (primary N) is 1. The molecule has 2 amide bonds.